The van der Waals surface area contributed by atoms with Gasteiger partial charge in [0.25, 0.3) is 5.82 Å². The smallest absolute Gasteiger partial charge is 0.348 e. The number of carbonyl (C=O) groups is 1. The van der Waals surface area contributed by atoms with Crippen LogP contribution in [0, 0.1) is 6.92 Å². The van der Waals surface area contributed by atoms with Crippen molar-refractivity contribution in [1.82, 2.24) is 4.57 Å². The van der Waals surface area contributed by atoms with E-state index in [2.05, 4.69) is 41.8 Å². The van der Waals surface area contributed by atoms with Crippen LogP contribution in [0.5, 0.6) is 0 Å². The Hall–Kier alpha value is -2.62. The standard InChI is InChI=1S/C18H19N2O2/c1-13-8-10-14(11-9-13)18-19(2)15-6-4-5-7-16(15)20(18)12-17(21)22-3/h4-11H,12H2,1-3H3/q+1. The van der Waals surface area contributed by atoms with Gasteiger partial charge in [0.15, 0.2) is 17.6 Å². The summed E-state index contributed by atoms with van der Waals surface area (Å²) in [5, 5.41) is 0. The van der Waals surface area contributed by atoms with Crippen LogP contribution in [-0.2, 0) is 23.1 Å². The highest BCUT2D eigenvalue weighted by atomic mass is 16.5. The predicted molar refractivity (Wildman–Crippen MR) is 85.3 cm³/mol. The predicted octanol–water partition coefficient (Wildman–Crippen LogP) is 2.61. The molecule has 0 atom stereocenters. The lowest BCUT2D eigenvalue weighted by atomic mass is 10.1. The second-order valence-electron chi connectivity index (χ2n) is 5.40. The maximum absolute atomic E-state index is 11.8. The molecule has 4 nitrogen and oxygen atoms in total. The summed E-state index contributed by atoms with van der Waals surface area (Å²) in [6.07, 6.45) is 0. The van der Waals surface area contributed by atoms with Crippen LogP contribution in [-0.4, -0.2) is 17.6 Å². The normalized spacial score (nSPS) is 10.9. The number of aryl methyl sites for hydroxylation is 2. The molecule has 0 unspecified atom stereocenters. The maximum atomic E-state index is 11.8. The number of para-hydroxylation sites is 2. The number of esters is 1. The summed E-state index contributed by atoms with van der Waals surface area (Å²) in [6.45, 7) is 2.26. The van der Waals surface area contributed by atoms with E-state index in [0.717, 1.165) is 22.4 Å². The molecular weight excluding hydrogens is 276 g/mol. The number of carbonyl (C=O) groups excluding carboxylic acids is 1. The van der Waals surface area contributed by atoms with Crippen LogP contribution in [0.25, 0.3) is 22.4 Å². The van der Waals surface area contributed by atoms with Crippen LogP contribution in [0.15, 0.2) is 48.5 Å². The van der Waals surface area contributed by atoms with E-state index in [4.69, 9.17) is 4.74 Å². The fourth-order valence-corrected chi connectivity index (χ4v) is 2.79. The Labute approximate surface area is 129 Å². The number of hydrogen-bond donors (Lipinski definition) is 0. The molecule has 4 heteroatoms. The number of hydrogen-bond acceptors (Lipinski definition) is 2. The first-order chi connectivity index (χ1) is 10.6. The van der Waals surface area contributed by atoms with Gasteiger partial charge < -0.3 is 4.74 Å². The zero-order valence-corrected chi connectivity index (χ0v) is 13.0. The maximum Gasteiger partial charge on any atom is 0.348 e. The number of fused-ring (bicyclic) bond motifs is 1. The molecule has 112 valence electrons. The summed E-state index contributed by atoms with van der Waals surface area (Å²) in [6, 6.07) is 16.4. The van der Waals surface area contributed by atoms with Gasteiger partial charge in [0.05, 0.1) is 19.7 Å². The Morgan fingerprint density at radius 3 is 2.50 bits per heavy atom. The average Bonchev–Trinajstić information content (AvgIpc) is 2.81. The Morgan fingerprint density at radius 2 is 1.82 bits per heavy atom. The Morgan fingerprint density at radius 1 is 1.14 bits per heavy atom. The molecule has 0 amide bonds. The van der Waals surface area contributed by atoms with E-state index in [1.807, 2.05) is 29.8 Å². The third kappa shape index (κ3) is 2.37. The number of rotatable bonds is 3. The summed E-state index contributed by atoms with van der Waals surface area (Å²) in [5.41, 5.74) is 4.39. The summed E-state index contributed by atoms with van der Waals surface area (Å²) in [5.74, 6) is 0.737. The molecule has 22 heavy (non-hydrogen) atoms. The molecule has 0 fully saturated rings. The van der Waals surface area contributed by atoms with Gasteiger partial charge in [-0.15, -0.1) is 0 Å². The van der Waals surface area contributed by atoms with Crippen LogP contribution >= 0.6 is 0 Å². The summed E-state index contributed by atoms with van der Waals surface area (Å²) >= 11 is 0. The highest BCUT2D eigenvalue weighted by molar-refractivity contribution is 5.79. The third-order valence-electron chi connectivity index (χ3n) is 3.93. The number of imidazole rings is 1. The van der Waals surface area contributed by atoms with Crippen molar-refractivity contribution in [2.75, 3.05) is 7.11 Å². The van der Waals surface area contributed by atoms with E-state index in [1.165, 1.54) is 12.7 Å². The molecule has 0 N–H and O–H groups in total. The van der Waals surface area contributed by atoms with Gasteiger partial charge in [0.2, 0.25) is 0 Å². The van der Waals surface area contributed by atoms with Gasteiger partial charge in [-0.2, -0.15) is 0 Å². The summed E-state index contributed by atoms with van der Waals surface area (Å²) in [4.78, 5) is 11.8. The Balaban J connectivity index is 2.27. The van der Waals surface area contributed by atoms with Crippen molar-refractivity contribution in [1.29, 1.82) is 0 Å². The van der Waals surface area contributed by atoms with Crippen molar-refractivity contribution in [3.63, 3.8) is 0 Å². The molecule has 0 saturated heterocycles. The fourth-order valence-electron chi connectivity index (χ4n) is 2.79. The van der Waals surface area contributed by atoms with Crippen LogP contribution in [0.1, 0.15) is 5.56 Å². The zero-order chi connectivity index (χ0) is 15.7. The Kier molecular flexibility index (Phi) is 3.67. The van der Waals surface area contributed by atoms with E-state index in [1.54, 1.807) is 0 Å². The van der Waals surface area contributed by atoms with Gasteiger partial charge in [0.1, 0.15) is 0 Å². The molecular formula is C18H19N2O2+. The van der Waals surface area contributed by atoms with Gasteiger partial charge >= 0.3 is 5.97 Å². The molecule has 0 spiro atoms. The molecule has 0 radical (unpaired) electrons. The minimum absolute atomic E-state index is 0.195. The van der Waals surface area contributed by atoms with Crippen molar-refractivity contribution in [3.05, 3.63) is 54.1 Å². The summed E-state index contributed by atoms with van der Waals surface area (Å²) < 4.78 is 8.97. The van der Waals surface area contributed by atoms with E-state index in [-0.39, 0.29) is 12.5 Å². The number of aromatic nitrogens is 2. The SMILES string of the molecule is COC(=O)Cn1c(-c2ccc(C)cc2)[n+](C)c2ccccc21. The molecule has 3 aromatic rings. The number of benzene rings is 2. The Bertz CT molecular complexity index is 832. The minimum Gasteiger partial charge on any atom is -0.466 e. The largest absolute Gasteiger partial charge is 0.466 e. The van der Waals surface area contributed by atoms with Gasteiger partial charge in [0, 0.05) is 0 Å². The fraction of sp³-hybridized carbons (Fsp3) is 0.222. The van der Waals surface area contributed by atoms with Crippen molar-refractivity contribution in [3.8, 4) is 11.4 Å². The number of nitrogens with zero attached hydrogens (tertiary/aromatic N) is 2. The van der Waals surface area contributed by atoms with Gasteiger partial charge in [-0.05, 0) is 31.2 Å². The van der Waals surface area contributed by atoms with E-state index in [0.29, 0.717) is 0 Å². The van der Waals surface area contributed by atoms with Gasteiger partial charge in [-0.25, -0.2) is 13.9 Å². The lowest BCUT2D eigenvalue weighted by Crippen LogP contribution is -2.30. The molecule has 1 aromatic heterocycles. The minimum atomic E-state index is -0.255. The topological polar surface area (TPSA) is 35.1 Å². The monoisotopic (exact) mass is 295 g/mol. The lowest BCUT2D eigenvalue weighted by molar-refractivity contribution is -0.634. The molecule has 1 heterocycles. The molecule has 0 aliphatic heterocycles. The molecule has 0 aliphatic carbocycles. The first-order valence-corrected chi connectivity index (χ1v) is 7.23. The summed E-state index contributed by atoms with van der Waals surface area (Å²) in [7, 11) is 3.44. The van der Waals surface area contributed by atoms with E-state index >= 15 is 0 Å². The second kappa shape index (κ2) is 5.64. The van der Waals surface area contributed by atoms with Gasteiger partial charge in [-0.1, -0.05) is 29.8 Å². The van der Waals surface area contributed by atoms with Gasteiger partial charge in [-0.3, -0.25) is 0 Å². The van der Waals surface area contributed by atoms with Crippen molar-refractivity contribution >= 4 is 17.0 Å². The van der Waals surface area contributed by atoms with Crippen molar-refractivity contribution < 1.29 is 14.1 Å². The average molecular weight is 295 g/mol. The highest BCUT2D eigenvalue weighted by Crippen LogP contribution is 2.23. The first-order valence-electron chi connectivity index (χ1n) is 7.23. The van der Waals surface area contributed by atoms with Crippen molar-refractivity contribution in [2.45, 2.75) is 13.5 Å². The van der Waals surface area contributed by atoms with Crippen LogP contribution in [0.4, 0.5) is 0 Å². The molecule has 2 aromatic carbocycles. The van der Waals surface area contributed by atoms with Crippen LogP contribution in [0.2, 0.25) is 0 Å². The van der Waals surface area contributed by atoms with E-state index < -0.39 is 0 Å². The zero-order valence-electron chi connectivity index (χ0n) is 13.0. The molecule has 0 bridgehead atoms. The first kappa shape index (κ1) is 14.3. The number of ether oxygens (including phenoxy) is 1. The highest BCUT2D eigenvalue weighted by Gasteiger charge is 2.25. The quantitative estimate of drug-likeness (QED) is 0.550. The van der Waals surface area contributed by atoms with Crippen molar-refractivity contribution in [2.24, 2.45) is 7.05 Å². The lowest BCUT2D eigenvalue weighted by Gasteiger charge is -2.03. The second-order valence-corrected chi connectivity index (χ2v) is 5.40. The van der Waals surface area contributed by atoms with Crippen LogP contribution in [0.3, 0.4) is 0 Å². The van der Waals surface area contributed by atoms with E-state index in [9.17, 15) is 4.79 Å². The molecule has 0 saturated carbocycles. The number of methoxy groups -OCH3 is 1. The third-order valence-corrected chi connectivity index (χ3v) is 3.93. The van der Waals surface area contributed by atoms with Crippen LogP contribution < -0.4 is 4.57 Å². The molecule has 3 rings (SSSR count). The molecule has 0 aliphatic rings.